The topological polar surface area (TPSA) is 47.6 Å². The van der Waals surface area contributed by atoms with Crippen LogP contribution in [0.2, 0.25) is 0 Å². The number of oxime groups is 1. The monoisotopic (exact) mass is 318 g/mol. The van der Waals surface area contributed by atoms with Crippen molar-refractivity contribution in [3.63, 3.8) is 0 Å². The molecular weight excluding hydrogens is 304 g/mol. The minimum absolute atomic E-state index is 0.386. The summed E-state index contributed by atoms with van der Waals surface area (Å²) in [5.74, 6) is 0.386. The maximum atomic E-state index is 5.86. The first-order valence-corrected chi connectivity index (χ1v) is 7.06. The van der Waals surface area contributed by atoms with E-state index in [-0.39, 0.29) is 0 Å². The zero-order valence-corrected chi connectivity index (χ0v) is 12.0. The van der Waals surface area contributed by atoms with Gasteiger partial charge in [-0.25, -0.2) is 0 Å². The van der Waals surface area contributed by atoms with Gasteiger partial charge in [-0.2, -0.15) is 0 Å². The van der Waals surface area contributed by atoms with Gasteiger partial charge in [0.15, 0.2) is 5.84 Å². The van der Waals surface area contributed by atoms with E-state index >= 15 is 0 Å². The Balaban J connectivity index is 1.94. The van der Waals surface area contributed by atoms with Crippen molar-refractivity contribution < 1.29 is 4.84 Å². The molecule has 2 N–H and O–H groups in total. The molecule has 0 aliphatic heterocycles. The molecule has 3 nitrogen and oxygen atoms in total. The molecule has 0 saturated carbocycles. The predicted octanol–water partition coefficient (Wildman–Crippen LogP) is 3.42. The highest BCUT2D eigenvalue weighted by molar-refractivity contribution is 9.08. The van der Waals surface area contributed by atoms with Gasteiger partial charge >= 0.3 is 0 Å². The standard InChI is InChI=1S/C15H15BrN2O/c16-10-12-6-8-14(9-7-12)15(17)18-19-11-13-4-2-1-3-5-13/h1-9H,10-11H2,(H2,17,18). The maximum Gasteiger partial charge on any atom is 0.170 e. The second-order valence-corrected chi connectivity index (χ2v) is 4.63. The van der Waals surface area contributed by atoms with E-state index < -0.39 is 0 Å². The fraction of sp³-hybridized carbons (Fsp3) is 0.133. The molecule has 0 bridgehead atoms. The minimum Gasteiger partial charge on any atom is -0.389 e. The van der Waals surface area contributed by atoms with E-state index in [0.29, 0.717) is 12.4 Å². The maximum absolute atomic E-state index is 5.86. The number of nitrogens with two attached hydrogens (primary N) is 1. The molecule has 0 atom stereocenters. The highest BCUT2D eigenvalue weighted by Crippen LogP contribution is 2.08. The molecule has 0 aliphatic rings. The van der Waals surface area contributed by atoms with E-state index in [1.165, 1.54) is 5.56 Å². The summed E-state index contributed by atoms with van der Waals surface area (Å²) in [6.45, 7) is 0.418. The lowest BCUT2D eigenvalue weighted by Gasteiger charge is -2.03. The average Bonchev–Trinajstić information content (AvgIpc) is 2.48. The van der Waals surface area contributed by atoms with Crippen LogP contribution in [0.15, 0.2) is 59.8 Å². The molecule has 0 radical (unpaired) electrons. The molecule has 0 unspecified atom stereocenters. The lowest BCUT2D eigenvalue weighted by Crippen LogP contribution is -2.13. The molecule has 0 aromatic heterocycles. The lowest BCUT2D eigenvalue weighted by atomic mass is 10.1. The average molecular weight is 319 g/mol. The summed E-state index contributed by atoms with van der Waals surface area (Å²) in [6.07, 6.45) is 0. The van der Waals surface area contributed by atoms with Crippen molar-refractivity contribution in [1.29, 1.82) is 0 Å². The summed E-state index contributed by atoms with van der Waals surface area (Å²) >= 11 is 3.40. The Labute approximate surface area is 121 Å². The Hall–Kier alpha value is -1.81. The zero-order valence-electron chi connectivity index (χ0n) is 10.4. The third-order valence-corrected chi connectivity index (χ3v) is 3.29. The van der Waals surface area contributed by atoms with Gasteiger partial charge in [0.05, 0.1) is 0 Å². The molecule has 0 spiro atoms. The van der Waals surface area contributed by atoms with E-state index in [1.54, 1.807) is 0 Å². The van der Waals surface area contributed by atoms with E-state index in [0.717, 1.165) is 16.5 Å². The Morgan fingerprint density at radius 3 is 2.32 bits per heavy atom. The molecule has 0 amide bonds. The highest BCUT2D eigenvalue weighted by atomic mass is 79.9. The van der Waals surface area contributed by atoms with Crippen molar-refractivity contribution in [2.75, 3.05) is 0 Å². The smallest absolute Gasteiger partial charge is 0.170 e. The molecule has 0 aliphatic carbocycles. The molecule has 2 aromatic carbocycles. The lowest BCUT2D eigenvalue weighted by molar-refractivity contribution is 0.130. The molecule has 19 heavy (non-hydrogen) atoms. The Bertz CT molecular complexity index is 538. The van der Waals surface area contributed by atoms with Crippen LogP contribution >= 0.6 is 15.9 Å². The quantitative estimate of drug-likeness (QED) is 0.397. The van der Waals surface area contributed by atoms with Gasteiger partial charge in [0.2, 0.25) is 0 Å². The first-order valence-electron chi connectivity index (χ1n) is 5.94. The van der Waals surface area contributed by atoms with Crippen molar-refractivity contribution in [2.45, 2.75) is 11.9 Å². The number of amidine groups is 1. The van der Waals surface area contributed by atoms with Gasteiger partial charge in [0.1, 0.15) is 6.61 Å². The number of alkyl halides is 1. The molecule has 0 saturated heterocycles. The van der Waals surface area contributed by atoms with Gasteiger partial charge in [0, 0.05) is 10.9 Å². The van der Waals surface area contributed by atoms with Gasteiger partial charge in [0.25, 0.3) is 0 Å². The predicted molar refractivity (Wildman–Crippen MR) is 81.0 cm³/mol. The molecule has 98 valence electrons. The zero-order chi connectivity index (χ0) is 13.5. The largest absolute Gasteiger partial charge is 0.389 e. The van der Waals surface area contributed by atoms with Gasteiger partial charge < -0.3 is 10.6 Å². The fourth-order valence-corrected chi connectivity index (χ4v) is 1.94. The number of halogens is 1. The van der Waals surface area contributed by atoms with Crippen LogP contribution < -0.4 is 5.73 Å². The van der Waals surface area contributed by atoms with Crippen molar-refractivity contribution >= 4 is 21.8 Å². The normalized spacial score (nSPS) is 11.3. The van der Waals surface area contributed by atoms with Crippen molar-refractivity contribution in [2.24, 2.45) is 10.9 Å². The molecular formula is C15H15BrN2O. The first-order chi connectivity index (χ1) is 9.29. The van der Waals surface area contributed by atoms with Crippen LogP contribution in [0.1, 0.15) is 16.7 Å². The minimum atomic E-state index is 0.386. The number of nitrogens with zero attached hydrogens (tertiary/aromatic N) is 1. The number of hydrogen-bond acceptors (Lipinski definition) is 2. The molecule has 2 rings (SSSR count). The van der Waals surface area contributed by atoms with E-state index in [9.17, 15) is 0 Å². The highest BCUT2D eigenvalue weighted by Gasteiger charge is 1.99. The third-order valence-electron chi connectivity index (χ3n) is 2.64. The second kappa shape index (κ2) is 6.95. The fourth-order valence-electron chi connectivity index (χ4n) is 1.57. The van der Waals surface area contributed by atoms with E-state index in [2.05, 4.69) is 21.1 Å². The van der Waals surface area contributed by atoms with Crippen molar-refractivity contribution in [1.82, 2.24) is 0 Å². The molecule has 4 heteroatoms. The van der Waals surface area contributed by atoms with Crippen molar-refractivity contribution in [3.05, 3.63) is 71.3 Å². The first kappa shape index (κ1) is 13.6. The summed E-state index contributed by atoms with van der Waals surface area (Å²) in [6, 6.07) is 17.7. The van der Waals surface area contributed by atoms with Gasteiger partial charge in [-0.1, -0.05) is 75.7 Å². The molecule has 0 heterocycles. The molecule has 0 fully saturated rings. The number of benzene rings is 2. The Morgan fingerprint density at radius 2 is 1.68 bits per heavy atom. The summed E-state index contributed by atoms with van der Waals surface area (Å²) in [4.78, 5) is 5.25. The van der Waals surface area contributed by atoms with Crippen molar-refractivity contribution in [3.8, 4) is 0 Å². The van der Waals surface area contributed by atoms with Crippen LogP contribution in [0.5, 0.6) is 0 Å². The van der Waals surface area contributed by atoms with Crippen LogP contribution in [-0.2, 0) is 16.8 Å². The van der Waals surface area contributed by atoms with Gasteiger partial charge in [-0.15, -0.1) is 0 Å². The number of rotatable bonds is 5. The van der Waals surface area contributed by atoms with Crippen LogP contribution in [0, 0.1) is 0 Å². The van der Waals surface area contributed by atoms with Gasteiger partial charge in [-0.3, -0.25) is 0 Å². The van der Waals surface area contributed by atoms with E-state index in [1.807, 2.05) is 54.6 Å². The third kappa shape index (κ3) is 4.10. The van der Waals surface area contributed by atoms with Crippen LogP contribution in [0.3, 0.4) is 0 Å². The Kier molecular flexibility index (Phi) is 4.98. The molecule has 2 aromatic rings. The summed E-state index contributed by atoms with van der Waals surface area (Å²) < 4.78 is 0. The second-order valence-electron chi connectivity index (χ2n) is 4.07. The van der Waals surface area contributed by atoms with Crippen LogP contribution in [0.4, 0.5) is 0 Å². The van der Waals surface area contributed by atoms with Crippen LogP contribution in [0.25, 0.3) is 0 Å². The summed E-state index contributed by atoms with van der Waals surface area (Å²) in [7, 11) is 0. The summed E-state index contributed by atoms with van der Waals surface area (Å²) in [5, 5.41) is 4.76. The summed E-state index contributed by atoms with van der Waals surface area (Å²) in [5.41, 5.74) is 8.98. The number of hydrogen-bond donors (Lipinski definition) is 1. The van der Waals surface area contributed by atoms with Gasteiger partial charge in [-0.05, 0) is 11.1 Å². The Morgan fingerprint density at radius 1 is 1.00 bits per heavy atom. The van der Waals surface area contributed by atoms with E-state index in [4.69, 9.17) is 10.6 Å². The SMILES string of the molecule is NC(=NOCc1ccccc1)c1ccc(CBr)cc1. The van der Waals surface area contributed by atoms with Crippen LogP contribution in [-0.4, -0.2) is 5.84 Å².